The third-order valence-corrected chi connectivity index (χ3v) is 5.13. The smallest absolute Gasteiger partial charge is 0.416 e. The highest BCUT2D eigenvalue weighted by Crippen LogP contribution is 2.29. The van der Waals surface area contributed by atoms with Crippen molar-refractivity contribution in [1.29, 1.82) is 0 Å². The third-order valence-electron chi connectivity index (χ3n) is 5.13. The Labute approximate surface area is 186 Å². The maximum Gasteiger partial charge on any atom is 0.416 e. The van der Waals surface area contributed by atoms with E-state index in [1.54, 1.807) is 4.90 Å². The van der Waals surface area contributed by atoms with Crippen molar-refractivity contribution in [2.24, 2.45) is 0 Å². The first-order valence-electron chi connectivity index (χ1n) is 10.1. The zero-order valence-corrected chi connectivity index (χ0v) is 17.4. The molecule has 1 saturated heterocycles. The Bertz CT molecular complexity index is 958. The third kappa shape index (κ3) is 7.14. The molecule has 11 heteroatoms. The van der Waals surface area contributed by atoms with E-state index in [-0.39, 0.29) is 23.8 Å². The van der Waals surface area contributed by atoms with Crippen molar-refractivity contribution in [2.75, 3.05) is 32.7 Å². The molecule has 2 aromatic carbocycles. The molecule has 3 rings (SSSR count). The molecule has 0 saturated carbocycles. The lowest BCUT2D eigenvalue weighted by atomic mass is 10.1. The van der Waals surface area contributed by atoms with Gasteiger partial charge in [0.2, 0.25) is 5.91 Å². The molecule has 0 radical (unpaired) electrons. The van der Waals surface area contributed by atoms with Gasteiger partial charge in [-0.15, -0.1) is 0 Å². The van der Waals surface area contributed by atoms with Crippen molar-refractivity contribution in [3.8, 4) is 5.75 Å². The van der Waals surface area contributed by atoms with Crippen LogP contribution in [0.3, 0.4) is 0 Å². The lowest BCUT2D eigenvalue weighted by molar-refractivity contribution is -0.137. The summed E-state index contributed by atoms with van der Waals surface area (Å²) in [6.45, 7) is -0.907. The summed E-state index contributed by atoms with van der Waals surface area (Å²) in [7, 11) is 0. The number of rotatable bonds is 7. The van der Waals surface area contributed by atoms with Gasteiger partial charge in [-0.25, -0.2) is 0 Å². The number of hydrogen-bond donors (Lipinski definition) is 1. The van der Waals surface area contributed by atoms with Gasteiger partial charge in [0.15, 0.2) is 0 Å². The Balaban J connectivity index is 1.43. The molecule has 2 amide bonds. The van der Waals surface area contributed by atoms with E-state index in [1.165, 1.54) is 30.3 Å². The number of alkyl halides is 5. The van der Waals surface area contributed by atoms with Crippen molar-refractivity contribution >= 4 is 11.8 Å². The maximum atomic E-state index is 12.7. The molecular weight excluding hydrogens is 449 g/mol. The molecule has 1 aliphatic heterocycles. The predicted molar refractivity (Wildman–Crippen MR) is 109 cm³/mol. The molecule has 2 aromatic rings. The van der Waals surface area contributed by atoms with Crippen molar-refractivity contribution < 1.29 is 36.3 Å². The van der Waals surface area contributed by atoms with E-state index in [0.717, 1.165) is 23.8 Å². The number of halogens is 5. The van der Waals surface area contributed by atoms with Gasteiger partial charge in [0, 0.05) is 38.3 Å². The molecule has 178 valence electrons. The molecule has 6 nitrogen and oxygen atoms in total. The number of hydrogen-bond acceptors (Lipinski definition) is 4. The van der Waals surface area contributed by atoms with E-state index in [9.17, 15) is 31.5 Å². The standard InChI is InChI=1S/C22H22F5N3O3/c23-21(24)33-18-3-1-2-16(12-18)20(32)28-13-19(31)30-10-8-29(9-11-30)14-15-4-6-17(7-5-15)22(25,26)27/h1-7,12,21H,8-11,13-14H2,(H,28,32). The number of carbonyl (C=O) groups excluding carboxylic acids is 2. The van der Waals surface area contributed by atoms with Crippen LogP contribution < -0.4 is 10.1 Å². The van der Waals surface area contributed by atoms with Gasteiger partial charge in [-0.05, 0) is 35.9 Å². The highest BCUT2D eigenvalue weighted by molar-refractivity contribution is 5.96. The second kappa shape index (κ2) is 10.6. The summed E-state index contributed by atoms with van der Waals surface area (Å²) >= 11 is 0. The molecule has 1 fully saturated rings. The molecular formula is C22H22F5N3O3. The van der Waals surface area contributed by atoms with E-state index in [4.69, 9.17) is 0 Å². The van der Waals surface area contributed by atoms with Crippen LogP contribution >= 0.6 is 0 Å². The van der Waals surface area contributed by atoms with E-state index >= 15 is 0 Å². The average Bonchev–Trinajstić information content (AvgIpc) is 2.77. The van der Waals surface area contributed by atoms with Crippen LogP contribution in [0, 0.1) is 0 Å². The van der Waals surface area contributed by atoms with E-state index < -0.39 is 24.3 Å². The number of benzene rings is 2. The van der Waals surface area contributed by atoms with E-state index in [2.05, 4.69) is 10.1 Å². The van der Waals surface area contributed by atoms with Crippen LogP contribution in [0.15, 0.2) is 48.5 Å². The summed E-state index contributed by atoms with van der Waals surface area (Å²) in [6, 6.07) is 10.2. The average molecular weight is 471 g/mol. The minimum atomic E-state index is -4.37. The second-order valence-electron chi connectivity index (χ2n) is 7.44. The first-order valence-corrected chi connectivity index (χ1v) is 10.1. The topological polar surface area (TPSA) is 61.9 Å². The molecule has 0 aliphatic carbocycles. The summed E-state index contributed by atoms with van der Waals surface area (Å²) in [5.74, 6) is -1.05. The summed E-state index contributed by atoms with van der Waals surface area (Å²) in [5, 5.41) is 2.47. The zero-order valence-electron chi connectivity index (χ0n) is 17.4. The molecule has 0 atom stereocenters. The Morgan fingerprint density at radius 3 is 2.27 bits per heavy atom. The minimum absolute atomic E-state index is 0.0855. The Kier molecular flexibility index (Phi) is 7.85. The van der Waals surface area contributed by atoms with E-state index in [1.807, 2.05) is 4.90 Å². The largest absolute Gasteiger partial charge is 0.435 e. The van der Waals surface area contributed by atoms with Crippen molar-refractivity contribution in [3.63, 3.8) is 0 Å². The van der Waals surface area contributed by atoms with Crippen LogP contribution in [-0.2, 0) is 17.5 Å². The van der Waals surface area contributed by atoms with Crippen LogP contribution in [0.4, 0.5) is 22.0 Å². The summed E-state index contributed by atoms with van der Waals surface area (Å²) in [4.78, 5) is 28.2. The van der Waals surface area contributed by atoms with Crippen LogP contribution in [0.25, 0.3) is 0 Å². The summed E-state index contributed by atoms with van der Waals surface area (Å²) < 4.78 is 66.9. The monoisotopic (exact) mass is 471 g/mol. The minimum Gasteiger partial charge on any atom is -0.435 e. The van der Waals surface area contributed by atoms with Gasteiger partial charge in [-0.3, -0.25) is 14.5 Å². The van der Waals surface area contributed by atoms with Crippen LogP contribution in [0.1, 0.15) is 21.5 Å². The van der Waals surface area contributed by atoms with Crippen molar-refractivity contribution in [2.45, 2.75) is 19.3 Å². The van der Waals surface area contributed by atoms with Gasteiger partial charge in [0.25, 0.3) is 5.91 Å². The summed E-state index contributed by atoms with van der Waals surface area (Å²) in [5.41, 5.74) is 0.132. The van der Waals surface area contributed by atoms with Gasteiger partial charge >= 0.3 is 12.8 Å². The predicted octanol–water partition coefficient (Wildman–Crippen LogP) is 3.38. The molecule has 0 aromatic heterocycles. The molecule has 33 heavy (non-hydrogen) atoms. The molecule has 1 aliphatic rings. The first kappa shape index (κ1) is 24.4. The highest BCUT2D eigenvalue weighted by atomic mass is 19.4. The Morgan fingerprint density at radius 1 is 1.00 bits per heavy atom. The molecule has 0 bridgehead atoms. The zero-order chi connectivity index (χ0) is 24.0. The Hall–Kier alpha value is -3.21. The number of amides is 2. The Morgan fingerprint density at radius 2 is 1.67 bits per heavy atom. The number of nitrogens with one attached hydrogen (secondary N) is 1. The lowest BCUT2D eigenvalue weighted by Gasteiger charge is -2.34. The van der Waals surface area contributed by atoms with Crippen molar-refractivity contribution in [3.05, 3.63) is 65.2 Å². The number of ether oxygens (including phenoxy) is 1. The number of carbonyl (C=O) groups is 2. The number of nitrogens with zero attached hydrogens (tertiary/aromatic N) is 2. The fourth-order valence-corrected chi connectivity index (χ4v) is 3.40. The fraction of sp³-hybridized carbons (Fsp3) is 0.364. The highest BCUT2D eigenvalue weighted by Gasteiger charge is 2.30. The lowest BCUT2D eigenvalue weighted by Crippen LogP contribution is -2.50. The van der Waals surface area contributed by atoms with Crippen LogP contribution in [-0.4, -0.2) is 60.9 Å². The molecule has 0 spiro atoms. The van der Waals surface area contributed by atoms with Crippen LogP contribution in [0.5, 0.6) is 5.75 Å². The fourth-order valence-electron chi connectivity index (χ4n) is 3.40. The molecule has 1 heterocycles. The van der Waals surface area contributed by atoms with Crippen molar-refractivity contribution in [1.82, 2.24) is 15.1 Å². The van der Waals surface area contributed by atoms with Gasteiger partial charge in [0.05, 0.1) is 12.1 Å². The first-order chi connectivity index (χ1) is 15.6. The normalized spacial score (nSPS) is 14.9. The van der Waals surface area contributed by atoms with Gasteiger partial charge in [0.1, 0.15) is 5.75 Å². The van der Waals surface area contributed by atoms with E-state index in [0.29, 0.717) is 32.7 Å². The second-order valence-corrected chi connectivity index (χ2v) is 7.44. The maximum absolute atomic E-state index is 12.7. The quantitative estimate of drug-likeness (QED) is 0.629. The number of piperazine rings is 1. The van der Waals surface area contributed by atoms with Gasteiger partial charge < -0.3 is 15.0 Å². The van der Waals surface area contributed by atoms with Gasteiger partial charge in [-0.1, -0.05) is 18.2 Å². The molecule has 0 unspecified atom stereocenters. The van der Waals surface area contributed by atoms with Gasteiger partial charge in [-0.2, -0.15) is 22.0 Å². The van der Waals surface area contributed by atoms with Crippen LogP contribution in [0.2, 0.25) is 0 Å². The summed E-state index contributed by atoms with van der Waals surface area (Å²) in [6.07, 6.45) is -4.37. The SMILES string of the molecule is O=C(NCC(=O)N1CCN(Cc2ccc(C(F)(F)F)cc2)CC1)c1cccc(OC(F)F)c1. The molecule has 1 N–H and O–H groups in total.